The Morgan fingerprint density at radius 3 is 2.57 bits per heavy atom. The summed E-state index contributed by atoms with van der Waals surface area (Å²) in [5.41, 5.74) is 2.14. The molecule has 0 aliphatic heterocycles. The van der Waals surface area contributed by atoms with E-state index in [-0.39, 0.29) is 0 Å². The first-order valence-corrected chi connectivity index (χ1v) is 8.08. The predicted octanol–water partition coefficient (Wildman–Crippen LogP) is 4.11. The Balaban J connectivity index is 1.93. The molecule has 0 aliphatic rings. The largest absolute Gasteiger partial charge is 0.494 e. The summed E-state index contributed by atoms with van der Waals surface area (Å²) in [6, 6.07) is 16.0. The van der Waals surface area contributed by atoms with Crippen molar-refractivity contribution < 1.29 is 14.2 Å². The lowest BCUT2D eigenvalue weighted by Crippen LogP contribution is -2.08. The Hall–Kier alpha value is -2.20. The van der Waals surface area contributed by atoms with Crippen LogP contribution in [0.4, 0.5) is 5.69 Å². The van der Waals surface area contributed by atoms with Gasteiger partial charge in [-0.15, -0.1) is 0 Å². The van der Waals surface area contributed by atoms with E-state index in [1.807, 2.05) is 50.2 Å². The SMILES string of the molecule is CCOCCOc1ccccc1NCc1cccc(OCC)c1. The standard InChI is InChI=1S/C19H25NO3/c1-3-21-12-13-23-19-11-6-5-10-18(19)20-15-16-8-7-9-17(14-16)22-4-2/h5-11,14,20H,3-4,12-13,15H2,1-2H3. The third-order valence-electron chi connectivity index (χ3n) is 3.27. The molecule has 0 atom stereocenters. The van der Waals surface area contributed by atoms with Crippen molar-refractivity contribution in [3.63, 3.8) is 0 Å². The molecule has 0 bridgehead atoms. The zero-order valence-corrected chi connectivity index (χ0v) is 13.9. The Labute approximate surface area is 138 Å². The molecule has 4 heteroatoms. The first-order chi connectivity index (χ1) is 11.3. The first-order valence-electron chi connectivity index (χ1n) is 8.08. The van der Waals surface area contributed by atoms with Crippen LogP contribution in [0.15, 0.2) is 48.5 Å². The van der Waals surface area contributed by atoms with Crippen LogP contribution in [0.25, 0.3) is 0 Å². The summed E-state index contributed by atoms with van der Waals surface area (Å²) in [5, 5.41) is 3.42. The van der Waals surface area contributed by atoms with E-state index in [1.165, 1.54) is 5.56 Å². The number of hydrogen-bond acceptors (Lipinski definition) is 4. The Kier molecular flexibility index (Phi) is 7.27. The van der Waals surface area contributed by atoms with Gasteiger partial charge in [-0.3, -0.25) is 0 Å². The fourth-order valence-corrected chi connectivity index (χ4v) is 2.20. The van der Waals surface area contributed by atoms with Gasteiger partial charge in [0.2, 0.25) is 0 Å². The summed E-state index contributed by atoms with van der Waals surface area (Å²) in [5.74, 6) is 1.74. The Bertz CT molecular complexity index is 586. The average molecular weight is 315 g/mol. The summed E-state index contributed by atoms with van der Waals surface area (Å²) >= 11 is 0. The van der Waals surface area contributed by atoms with E-state index < -0.39 is 0 Å². The molecule has 0 spiro atoms. The molecule has 124 valence electrons. The molecule has 0 radical (unpaired) electrons. The minimum atomic E-state index is 0.548. The van der Waals surface area contributed by atoms with Crippen molar-refractivity contribution in [1.82, 2.24) is 0 Å². The molecular formula is C19H25NO3. The zero-order chi connectivity index (χ0) is 16.3. The van der Waals surface area contributed by atoms with E-state index in [9.17, 15) is 0 Å². The fraction of sp³-hybridized carbons (Fsp3) is 0.368. The summed E-state index contributed by atoms with van der Waals surface area (Å²) in [4.78, 5) is 0. The lowest BCUT2D eigenvalue weighted by molar-refractivity contribution is 0.110. The molecular weight excluding hydrogens is 290 g/mol. The van der Waals surface area contributed by atoms with Gasteiger partial charge in [0.1, 0.15) is 18.1 Å². The first kappa shape index (κ1) is 17.2. The summed E-state index contributed by atoms with van der Waals surface area (Å²) in [6.45, 7) is 7.21. The number of hydrogen-bond donors (Lipinski definition) is 1. The van der Waals surface area contributed by atoms with Gasteiger partial charge in [-0.1, -0.05) is 24.3 Å². The van der Waals surface area contributed by atoms with E-state index in [4.69, 9.17) is 14.2 Å². The van der Waals surface area contributed by atoms with E-state index >= 15 is 0 Å². The summed E-state index contributed by atoms with van der Waals surface area (Å²) < 4.78 is 16.6. The smallest absolute Gasteiger partial charge is 0.142 e. The van der Waals surface area contributed by atoms with Crippen LogP contribution >= 0.6 is 0 Å². The van der Waals surface area contributed by atoms with Gasteiger partial charge in [0.05, 0.1) is 18.9 Å². The third-order valence-corrected chi connectivity index (χ3v) is 3.27. The summed E-state index contributed by atoms with van der Waals surface area (Å²) in [7, 11) is 0. The molecule has 0 unspecified atom stereocenters. The van der Waals surface area contributed by atoms with Crippen LogP contribution in [-0.2, 0) is 11.3 Å². The lowest BCUT2D eigenvalue weighted by Gasteiger charge is -2.13. The van der Waals surface area contributed by atoms with Crippen LogP contribution in [0.1, 0.15) is 19.4 Å². The minimum absolute atomic E-state index is 0.548. The molecule has 0 heterocycles. The quantitative estimate of drug-likeness (QED) is 0.670. The minimum Gasteiger partial charge on any atom is -0.494 e. The molecule has 2 aromatic rings. The van der Waals surface area contributed by atoms with Gasteiger partial charge < -0.3 is 19.5 Å². The van der Waals surface area contributed by atoms with Crippen LogP contribution < -0.4 is 14.8 Å². The van der Waals surface area contributed by atoms with Crippen LogP contribution in [0.5, 0.6) is 11.5 Å². The van der Waals surface area contributed by atoms with Gasteiger partial charge in [-0.05, 0) is 43.7 Å². The van der Waals surface area contributed by atoms with Gasteiger partial charge in [-0.2, -0.15) is 0 Å². The van der Waals surface area contributed by atoms with Gasteiger partial charge >= 0.3 is 0 Å². The highest BCUT2D eigenvalue weighted by Gasteiger charge is 2.03. The Morgan fingerprint density at radius 2 is 1.74 bits per heavy atom. The van der Waals surface area contributed by atoms with E-state index in [0.29, 0.717) is 33.0 Å². The maximum Gasteiger partial charge on any atom is 0.142 e. The highest BCUT2D eigenvalue weighted by molar-refractivity contribution is 5.56. The molecule has 1 N–H and O–H groups in total. The van der Waals surface area contributed by atoms with Gasteiger partial charge in [0, 0.05) is 13.2 Å². The van der Waals surface area contributed by atoms with E-state index in [0.717, 1.165) is 17.2 Å². The van der Waals surface area contributed by atoms with Crippen molar-refractivity contribution in [3.05, 3.63) is 54.1 Å². The van der Waals surface area contributed by atoms with Crippen LogP contribution in [0, 0.1) is 0 Å². The van der Waals surface area contributed by atoms with Crippen LogP contribution in [0.3, 0.4) is 0 Å². The van der Waals surface area contributed by atoms with Crippen molar-refractivity contribution in [2.45, 2.75) is 20.4 Å². The molecule has 23 heavy (non-hydrogen) atoms. The van der Waals surface area contributed by atoms with Gasteiger partial charge in [0.15, 0.2) is 0 Å². The number of rotatable bonds is 10. The average Bonchev–Trinajstić information content (AvgIpc) is 2.58. The van der Waals surface area contributed by atoms with Crippen LogP contribution in [-0.4, -0.2) is 26.4 Å². The molecule has 0 saturated carbocycles. The van der Waals surface area contributed by atoms with Crippen molar-refractivity contribution >= 4 is 5.69 Å². The molecule has 4 nitrogen and oxygen atoms in total. The van der Waals surface area contributed by atoms with Crippen molar-refractivity contribution in [1.29, 1.82) is 0 Å². The molecule has 0 aromatic heterocycles. The maximum atomic E-state index is 5.78. The number of ether oxygens (including phenoxy) is 3. The zero-order valence-electron chi connectivity index (χ0n) is 13.9. The maximum absolute atomic E-state index is 5.78. The molecule has 0 fully saturated rings. The highest BCUT2D eigenvalue weighted by atomic mass is 16.5. The molecule has 0 amide bonds. The second kappa shape index (κ2) is 9.74. The lowest BCUT2D eigenvalue weighted by atomic mass is 10.2. The number of benzene rings is 2. The second-order valence-electron chi connectivity index (χ2n) is 4.98. The normalized spacial score (nSPS) is 10.3. The van der Waals surface area contributed by atoms with Crippen molar-refractivity contribution in [3.8, 4) is 11.5 Å². The van der Waals surface area contributed by atoms with Gasteiger partial charge in [-0.25, -0.2) is 0 Å². The fourth-order valence-electron chi connectivity index (χ4n) is 2.20. The second-order valence-corrected chi connectivity index (χ2v) is 4.98. The van der Waals surface area contributed by atoms with Crippen LogP contribution in [0.2, 0.25) is 0 Å². The monoisotopic (exact) mass is 315 g/mol. The molecule has 2 rings (SSSR count). The molecule has 0 aliphatic carbocycles. The molecule has 0 saturated heterocycles. The third kappa shape index (κ3) is 5.83. The Morgan fingerprint density at radius 1 is 0.870 bits per heavy atom. The van der Waals surface area contributed by atoms with Crippen molar-refractivity contribution in [2.24, 2.45) is 0 Å². The van der Waals surface area contributed by atoms with E-state index in [1.54, 1.807) is 0 Å². The highest BCUT2D eigenvalue weighted by Crippen LogP contribution is 2.24. The number of nitrogens with one attached hydrogen (secondary N) is 1. The number of anilines is 1. The number of para-hydroxylation sites is 2. The van der Waals surface area contributed by atoms with Gasteiger partial charge in [0.25, 0.3) is 0 Å². The topological polar surface area (TPSA) is 39.7 Å². The summed E-state index contributed by atoms with van der Waals surface area (Å²) in [6.07, 6.45) is 0. The van der Waals surface area contributed by atoms with Crippen molar-refractivity contribution in [2.75, 3.05) is 31.7 Å². The molecule has 2 aromatic carbocycles. The predicted molar refractivity (Wildman–Crippen MR) is 93.4 cm³/mol. The van der Waals surface area contributed by atoms with E-state index in [2.05, 4.69) is 17.4 Å².